The predicted octanol–water partition coefficient (Wildman–Crippen LogP) is 6.80. The number of benzene rings is 1. The molecule has 1 nitrogen and oxygen atoms in total. The first-order chi connectivity index (χ1) is 11.8. The van der Waals surface area contributed by atoms with Gasteiger partial charge in [-0.15, -0.1) is 0 Å². The second kappa shape index (κ2) is 11.3. The Bertz CT molecular complexity index is 489. The third-order valence-corrected chi connectivity index (χ3v) is 5.02. The van der Waals surface area contributed by atoms with Crippen LogP contribution in [0, 0.1) is 5.92 Å². The highest BCUT2D eigenvalue weighted by Gasteiger charge is 2.20. The lowest BCUT2D eigenvalue weighted by Gasteiger charge is -2.27. The monoisotopic (exact) mass is 326 g/mol. The Morgan fingerprint density at radius 2 is 1.75 bits per heavy atom. The fourth-order valence-electron chi connectivity index (χ4n) is 3.49. The zero-order chi connectivity index (χ0) is 17.0. The van der Waals surface area contributed by atoms with E-state index in [2.05, 4.69) is 55.5 Å². The van der Waals surface area contributed by atoms with Crippen LogP contribution in [-0.4, -0.2) is 6.61 Å². The van der Waals surface area contributed by atoms with Crippen LogP contribution in [0.15, 0.2) is 48.6 Å². The van der Waals surface area contributed by atoms with Crippen LogP contribution >= 0.6 is 0 Å². The number of unbranched alkanes of at least 4 members (excludes halogenated alkanes) is 1. The van der Waals surface area contributed by atoms with Crippen molar-refractivity contribution in [3.05, 3.63) is 59.7 Å². The summed E-state index contributed by atoms with van der Waals surface area (Å²) in [4.78, 5) is 0. The molecule has 0 spiro atoms. The van der Waals surface area contributed by atoms with Gasteiger partial charge in [-0.3, -0.25) is 0 Å². The summed E-state index contributed by atoms with van der Waals surface area (Å²) < 4.78 is 5.71. The normalized spacial score (nSPS) is 21.8. The summed E-state index contributed by atoms with van der Waals surface area (Å²) in [5, 5.41) is 0. The largest absolute Gasteiger partial charge is 0.376 e. The number of allylic oxidation sites excluding steroid dienone is 3. The van der Waals surface area contributed by atoms with E-state index in [4.69, 9.17) is 4.74 Å². The van der Waals surface area contributed by atoms with Crippen LogP contribution in [0.3, 0.4) is 0 Å². The molecule has 1 aliphatic rings. The van der Waals surface area contributed by atoms with E-state index in [1.54, 1.807) is 0 Å². The molecule has 0 amide bonds. The van der Waals surface area contributed by atoms with E-state index in [1.165, 1.54) is 49.7 Å². The summed E-state index contributed by atoms with van der Waals surface area (Å²) in [6.45, 7) is 5.83. The van der Waals surface area contributed by atoms with Gasteiger partial charge in [-0.05, 0) is 68.4 Å². The molecule has 0 atom stereocenters. The second-order valence-corrected chi connectivity index (χ2v) is 6.98. The third-order valence-electron chi connectivity index (χ3n) is 5.02. The molecular weight excluding hydrogens is 292 g/mol. The van der Waals surface area contributed by atoms with Crippen LogP contribution in [0.25, 0.3) is 0 Å². The van der Waals surface area contributed by atoms with E-state index in [-0.39, 0.29) is 0 Å². The minimum absolute atomic E-state index is 0.729. The molecule has 0 aromatic heterocycles. The predicted molar refractivity (Wildman–Crippen MR) is 104 cm³/mol. The Morgan fingerprint density at radius 3 is 2.42 bits per heavy atom. The Kier molecular flexibility index (Phi) is 8.91. The van der Waals surface area contributed by atoms with E-state index in [0.717, 1.165) is 31.5 Å². The van der Waals surface area contributed by atoms with E-state index in [0.29, 0.717) is 0 Å². The van der Waals surface area contributed by atoms with Crippen LogP contribution in [0.5, 0.6) is 0 Å². The van der Waals surface area contributed by atoms with Crippen molar-refractivity contribution in [3.63, 3.8) is 0 Å². The Hall–Kier alpha value is -1.34. The van der Waals surface area contributed by atoms with Gasteiger partial charge < -0.3 is 4.74 Å². The van der Waals surface area contributed by atoms with Gasteiger partial charge in [0.15, 0.2) is 0 Å². The Morgan fingerprint density at radius 1 is 1.00 bits per heavy atom. The minimum Gasteiger partial charge on any atom is -0.376 e. The molecule has 0 bridgehead atoms. The van der Waals surface area contributed by atoms with Crippen molar-refractivity contribution < 1.29 is 4.74 Å². The molecule has 0 N–H and O–H groups in total. The quantitative estimate of drug-likeness (QED) is 0.358. The van der Waals surface area contributed by atoms with Gasteiger partial charge >= 0.3 is 0 Å². The second-order valence-electron chi connectivity index (χ2n) is 6.98. The van der Waals surface area contributed by atoms with Crippen LogP contribution in [0.4, 0.5) is 0 Å². The van der Waals surface area contributed by atoms with Gasteiger partial charge in [-0.1, -0.05) is 61.9 Å². The van der Waals surface area contributed by atoms with Gasteiger partial charge in [0.1, 0.15) is 0 Å². The summed E-state index contributed by atoms with van der Waals surface area (Å²) in [5.41, 5.74) is 2.80. The lowest BCUT2D eigenvalue weighted by molar-refractivity contribution is 0.125. The van der Waals surface area contributed by atoms with Crippen molar-refractivity contribution in [2.24, 2.45) is 5.92 Å². The van der Waals surface area contributed by atoms with Crippen molar-refractivity contribution in [3.8, 4) is 0 Å². The fraction of sp³-hybridized carbons (Fsp3) is 0.565. The molecule has 0 saturated heterocycles. The van der Waals surface area contributed by atoms with E-state index in [1.807, 2.05) is 6.92 Å². The summed E-state index contributed by atoms with van der Waals surface area (Å²) in [5.74, 6) is 1.57. The first-order valence-corrected chi connectivity index (χ1v) is 9.77. The Labute approximate surface area is 148 Å². The topological polar surface area (TPSA) is 9.23 Å². The van der Waals surface area contributed by atoms with Crippen molar-refractivity contribution in [1.29, 1.82) is 0 Å². The average molecular weight is 327 g/mol. The molecule has 0 radical (unpaired) electrons. The van der Waals surface area contributed by atoms with Gasteiger partial charge in [-0.2, -0.15) is 0 Å². The van der Waals surface area contributed by atoms with Crippen LogP contribution in [0.1, 0.15) is 75.8 Å². The molecule has 1 saturated carbocycles. The molecule has 132 valence electrons. The minimum atomic E-state index is 0.729. The maximum absolute atomic E-state index is 5.71. The van der Waals surface area contributed by atoms with Crippen molar-refractivity contribution in [2.45, 2.75) is 71.3 Å². The SMILES string of the molecule is C/C=C/CCOCc1ccc([C@H]2CC[C@H](/C=C/CCC)CC2)cc1. The molecule has 0 heterocycles. The van der Waals surface area contributed by atoms with E-state index >= 15 is 0 Å². The first-order valence-electron chi connectivity index (χ1n) is 9.77. The molecule has 24 heavy (non-hydrogen) atoms. The smallest absolute Gasteiger partial charge is 0.0717 e. The van der Waals surface area contributed by atoms with Gasteiger partial charge in [0, 0.05) is 0 Å². The maximum Gasteiger partial charge on any atom is 0.0717 e. The highest BCUT2D eigenvalue weighted by Crippen LogP contribution is 2.36. The zero-order valence-corrected chi connectivity index (χ0v) is 15.5. The fourth-order valence-corrected chi connectivity index (χ4v) is 3.49. The third kappa shape index (κ3) is 6.65. The highest BCUT2D eigenvalue weighted by molar-refractivity contribution is 5.25. The van der Waals surface area contributed by atoms with E-state index < -0.39 is 0 Å². The first kappa shape index (κ1) is 19.0. The lowest BCUT2D eigenvalue weighted by Crippen LogP contribution is -2.11. The van der Waals surface area contributed by atoms with Gasteiger partial charge in [-0.25, -0.2) is 0 Å². The van der Waals surface area contributed by atoms with Gasteiger partial charge in [0.05, 0.1) is 13.2 Å². The number of hydrogen-bond donors (Lipinski definition) is 0. The number of hydrogen-bond acceptors (Lipinski definition) is 1. The summed E-state index contributed by atoms with van der Waals surface area (Å²) in [6.07, 6.45) is 17.9. The van der Waals surface area contributed by atoms with Crippen molar-refractivity contribution in [2.75, 3.05) is 6.61 Å². The molecule has 2 rings (SSSR count). The molecule has 1 fully saturated rings. The Balaban J connectivity index is 1.73. The maximum atomic E-state index is 5.71. The molecular formula is C23H34O. The molecule has 0 aliphatic heterocycles. The van der Waals surface area contributed by atoms with Crippen LogP contribution in [-0.2, 0) is 11.3 Å². The van der Waals surface area contributed by atoms with Crippen LogP contribution in [0.2, 0.25) is 0 Å². The molecule has 1 aromatic carbocycles. The van der Waals surface area contributed by atoms with Gasteiger partial charge in [0.25, 0.3) is 0 Å². The molecule has 0 unspecified atom stereocenters. The van der Waals surface area contributed by atoms with E-state index in [9.17, 15) is 0 Å². The molecule has 1 heteroatoms. The average Bonchev–Trinajstić information content (AvgIpc) is 2.63. The van der Waals surface area contributed by atoms with Crippen molar-refractivity contribution >= 4 is 0 Å². The molecule has 1 aliphatic carbocycles. The number of rotatable bonds is 9. The molecule has 1 aromatic rings. The summed E-state index contributed by atoms with van der Waals surface area (Å²) in [6, 6.07) is 9.14. The highest BCUT2D eigenvalue weighted by atomic mass is 16.5. The summed E-state index contributed by atoms with van der Waals surface area (Å²) in [7, 11) is 0. The van der Waals surface area contributed by atoms with Crippen LogP contribution < -0.4 is 0 Å². The standard InChI is InChI=1S/C23H34O/c1-3-5-7-9-20-10-14-22(15-11-20)23-16-12-21(13-17-23)19-24-18-8-6-4-2/h4,6-7,9,12-13,16-17,20,22H,3,5,8,10-11,14-15,18-19H2,1-2H3/b6-4+,9-7+/t20-,22-. The summed E-state index contributed by atoms with van der Waals surface area (Å²) >= 11 is 0. The zero-order valence-electron chi connectivity index (χ0n) is 15.5. The van der Waals surface area contributed by atoms with Crippen molar-refractivity contribution in [1.82, 2.24) is 0 Å². The lowest BCUT2D eigenvalue weighted by atomic mass is 9.78. The van der Waals surface area contributed by atoms with Gasteiger partial charge in [0.2, 0.25) is 0 Å². The number of ether oxygens (including phenoxy) is 1.